The van der Waals surface area contributed by atoms with Crippen LogP contribution in [0, 0.1) is 5.82 Å². The summed E-state index contributed by atoms with van der Waals surface area (Å²) in [5.74, 6) is -0.917. The van der Waals surface area contributed by atoms with Crippen molar-refractivity contribution < 1.29 is 31.1 Å². The standard InChI is InChI=1S/C13H12BrF4N3O3S/c1-20(2)25(23,24)21-10(6-11(19-21)13(16,17)18)12(22)8-5-7(14)3-4-9(8)15/h3-6,12,22H,1-2H3. The minimum Gasteiger partial charge on any atom is -0.382 e. The van der Waals surface area contributed by atoms with E-state index in [2.05, 4.69) is 21.0 Å². The van der Waals surface area contributed by atoms with Crippen molar-refractivity contribution >= 4 is 26.1 Å². The molecule has 0 fully saturated rings. The highest BCUT2D eigenvalue weighted by molar-refractivity contribution is 9.10. The summed E-state index contributed by atoms with van der Waals surface area (Å²) in [4.78, 5) is 0. The predicted molar refractivity (Wildman–Crippen MR) is 83.4 cm³/mol. The molecule has 6 nitrogen and oxygen atoms in total. The van der Waals surface area contributed by atoms with Gasteiger partial charge in [-0.25, -0.2) is 4.39 Å². The lowest BCUT2D eigenvalue weighted by Crippen LogP contribution is -2.32. The second-order valence-electron chi connectivity index (χ2n) is 5.15. The van der Waals surface area contributed by atoms with Crippen LogP contribution in [0.3, 0.4) is 0 Å². The van der Waals surface area contributed by atoms with Crippen molar-refractivity contribution in [3.63, 3.8) is 0 Å². The van der Waals surface area contributed by atoms with Crippen LogP contribution in [0.25, 0.3) is 0 Å². The molecule has 2 rings (SSSR count). The number of benzene rings is 1. The Bertz CT molecular complexity index is 896. The first-order valence-electron chi connectivity index (χ1n) is 6.59. The van der Waals surface area contributed by atoms with Crippen molar-refractivity contribution in [1.29, 1.82) is 0 Å². The van der Waals surface area contributed by atoms with Gasteiger partial charge in [-0.1, -0.05) is 15.9 Å². The van der Waals surface area contributed by atoms with Crippen LogP contribution in [0.4, 0.5) is 17.6 Å². The molecule has 0 bridgehead atoms. The van der Waals surface area contributed by atoms with Gasteiger partial charge in [0.25, 0.3) is 0 Å². The monoisotopic (exact) mass is 445 g/mol. The Morgan fingerprint density at radius 2 is 1.88 bits per heavy atom. The van der Waals surface area contributed by atoms with Crippen LogP contribution in [0.2, 0.25) is 0 Å². The molecule has 1 heterocycles. The van der Waals surface area contributed by atoms with E-state index in [-0.39, 0.29) is 4.09 Å². The maximum atomic E-state index is 13.9. The normalized spacial score (nSPS) is 14.1. The molecule has 12 heteroatoms. The zero-order valence-corrected chi connectivity index (χ0v) is 15.2. The second kappa shape index (κ2) is 6.67. The molecule has 1 N–H and O–H groups in total. The lowest BCUT2D eigenvalue weighted by Gasteiger charge is -2.17. The van der Waals surface area contributed by atoms with E-state index in [0.29, 0.717) is 14.8 Å². The highest BCUT2D eigenvalue weighted by atomic mass is 79.9. The number of hydrogen-bond acceptors (Lipinski definition) is 4. The van der Waals surface area contributed by atoms with Gasteiger partial charge in [-0.3, -0.25) is 0 Å². The molecule has 0 radical (unpaired) electrons. The van der Waals surface area contributed by atoms with Gasteiger partial charge in [0, 0.05) is 24.1 Å². The minimum absolute atomic E-state index is 0.0425. The van der Waals surface area contributed by atoms with Crippen LogP contribution in [-0.2, 0) is 16.4 Å². The van der Waals surface area contributed by atoms with Crippen molar-refractivity contribution in [2.45, 2.75) is 12.3 Å². The smallest absolute Gasteiger partial charge is 0.382 e. The number of halogens is 5. The molecule has 1 unspecified atom stereocenters. The van der Waals surface area contributed by atoms with Gasteiger partial charge in [0.2, 0.25) is 0 Å². The average Bonchev–Trinajstić information content (AvgIpc) is 2.95. The van der Waals surface area contributed by atoms with Gasteiger partial charge >= 0.3 is 16.4 Å². The molecule has 1 aromatic heterocycles. The van der Waals surface area contributed by atoms with Gasteiger partial charge < -0.3 is 5.11 Å². The van der Waals surface area contributed by atoms with Crippen molar-refractivity contribution in [3.05, 3.63) is 51.5 Å². The lowest BCUT2D eigenvalue weighted by molar-refractivity contribution is -0.141. The van der Waals surface area contributed by atoms with Gasteiger partial charge in [0.05, 0.1) is 5.69 Å². The summed E-state index contributed by atoms with van der Waals surface area (Å²) in [5.41, 5.74) is -2.67. The molecule has 0 aliphatic heterocycles. The molecule has 0 aliphatic rings. The van der Waals surface area contributed by atoms with Crippen LogP contribution in [-0.4, -0.2) is 41.1 Å². The Hall–Kier alpha value is -1.50. The summed E-state index contributed by atoms with van der Waals surface area (Å²) in [5, 5.41) is 13.4. The maximum Gasteiger partial charge on any atom is 0.435 e. The third-order valence-corrected chi connectivity index (χ3v) is 5.35. The van der Waals surface area contributed by atoms with Crippen molar-refractivity contribution in [2.75, 3.05) is 14.1 Å². The molecule has 0 aliphatic carbocycles. The molecule has 0 spiro atoms. The number of rotatable bonds is 4. The Kier molecular flexibility index (Phi) is 5.28. The first-order chi connectivity index (χ1) is 11.4. The molecule has 0 amide bonds. The van der Waals surface area contributed by atoms with Gasteiger partial charge in [-0.15, -0.1) is 4.09 Å². The fraction of sp³-hybridized carbons (Fsp3) is 0.308. The molecule has 1 aromatic carbocycles. The molecular weight excluding hydrogens is 434 g/mol. The van der Waals surface area contributed by atoms with E-state index in [1.54, 1.807) is 0 Å². The SMILES string of the molecule is CN(C)S(=O)(=O)n1nc(C(F)(F)F)cc1C(O)c1cc(Br)ccc1F. The first kappa shape index (κ1) is 19.8. The van der Waals surface area contributed by atoms with E-state index in [4.69, 9.17) is 0 Å². The van der Waals surface area contributed by atoms with Crippen LogP contribution < -0.4 is 0 Å². The third-order valence-electron chi connectivity index (χ3n) is 3.21. The topological polar surface area (TPSA) is 75.4 Å². The molecule has 138 valence electrons. The largest absolute Gasteiger partial charge is 0.435 e. The number of aliphatic hydroxyl groups is 1. The van der Waals surface area contributed by atoms with E-state index in [1.165, 1.54) is 6.07 Å². The summed E-state index contributed by atoms with van der Waals surface area (Å²) in [6.07, 6.45) is -6.94. The Morgan fingerprint density at radius 3 is 2.40 bits per heavy atom. The van der Waals surface area contributed by atoms with E-state index < -0.39 is 45.3 Å². The molecular formula is C13H12BrF4N3O3S. The Labute approximate surface area is 149 Å². The summed E-state index contributed by atoms with van der Waals surface area (Å²) in [7, 11) is -2.31. The number of alkyl halides is 3. The highest BCUT2D eigenvalue weighted by Gasteiger charge is 2.38. The van der Waals surface area contributed by atoms with Crippen molar-refractivity contribution in [2.24, 2.45) is 0 Å². The molecule has 25 heavy (non-hydrogen) atoms. The molecule has 0 saturated heterocycles. The van der Waals surface area contributed by atoms with E-state index in [0.717, 1.165) is 26.2 Å². The summed E-state index contributed by atoms with van der Waals surface area (Å²) < 4.78 is 78.2. The minimum atomic E-state index is -4.95. The first-order valence-corrected chi connectivity index (χ1v) is 8.78. The number of hydrogen-bond donors (Lipinski definition) is 1. The number of nitrogens with zero attached hydrogens (tertiary/aromatic N) is 3. The third kappa shape index (κ3) is 3.86. The molecule has 1 atom stereocenters. The van der Waals surface area contributed by atoms with E-state index in [9.17, 15) is 31.1 Å². The Balaban J connectivity index is 2.71. The second-order valence-corrected chi connectivity index (χ2v) is 8.04. The number of aromatic nitrogens is 2. The zero-order chi connectivity index (χ0) is 19.2. The van der Waals surface area contributed by atoms with Gasteiger partial charge in [-0.05, 0) is 24.3 Å². The fourth-order valence-corrected chi connectivity index (χ4v) is 3.22. The fourth-order valence-electron chi connectivity index (χ4n) is 1.92. The lowest BCUT2D eigenvalue weighted by atomic mass is 10.1. The summed E-state index contributed by atoms with van der Waals surface area (Å²) in [6, 6.07) is 3.80. The van der Waals surface area contributed by atoms with Gasteiger partial charge in [0.1, 0.15) is 11.9 Å². The summed E-state index contributed by atoms with van der Waals surface area (Å²) >= 11 is 3.05. The van der Waals surface area contributed by atoms with Gasteiger partial charge in [-0.2, -0.15) is 31.0 Å². The van der Waals surface area contributed by atoms with Crippen LogP contribution >= 0.6 is 15.9 Å². The molecule has 2 aromatic rings. The van der Waals surface area contributed by atoms with Crippen molar-refractivity contribution in [3.8, 4) is 0 Å². The van der Waals surface area contributed by atoms with Crippen LogP contribution in [0.15, 0.2) is 28.7 Å². The Morgan fingerprint density at radius 1 is 1.28 bits per heavy atom. The zero-order valence-electron chi connectivity index (χ0n) is 12.8. The quantitative estimate of drug-likeness (QED) is 0.733. The number of aliphatic hydroxyl groups excluding tert-OH is 1. The maximum absolute atomic E-state index is 13.9. The van der Waals surface area contributed by atoms with Crippen molar-refractivity contribution in [1.82, 2.24) is 13.5 Å². The average molecular weight is 446 g/mol. The summed E-state index contributed by atoms with van der Waals surface area (Å²) in [6.45, 7) is 0. The highest BCUT2D eigenvalue weighted by Crippen LogP contribution is 2.34. The van der Waals surface area contributed by atoms with E-state index >= 15 is 0 Å². The van der Waals surface area contributed by atoms with Crippen LogP contribution in [0.5, 0.6) is 0 Å². The van der Waals surface area contributed by atoms with E-state index in [1.807, 2.05) is 0 Å². The van der Waals surface area contributed by atoms with Crippen LogP contribution in [0.1, 0.15) is 23.1 Å². The predicted octanol–water partition coefficient (Wildman–Crippen LogP) is 2.54. The molecule has 0 saturated carbocycles. The van der Waals surface area contributed by atoms with Gasteiger partial charge in [0.15, 0.2) is 5.69 Å².